The van der Waals surface area contributed by atoms with Gasteiger partial charge in [0.2, 0.25) is 0 Å². The topological polar surface area (TPSA) is 46.2 Å². The summed E-state index contributed by atoms with van der Waals surface area (Å²) < 4.78 is 31.4. The molecule has 1 N–H and O–H groups in total. The van der Waals surface area contributed by atoms with Gasteiger partial charge >= 0.3 is 0 Å². The highest BCUT2D eigenvalue weighted by Crippen LogP contribution is 2.32. The van der Waals surface area contributed by atoms with E-state index in [0.717, 1.165) is 11.9 Å². The molecule has 2 rings (SSSR count). The second-order valence-corrected chi connectivity index (χ2v) is 5.96. The van der Waals surface area contributed by atoms with Crippen LogP contribution in [0, 0.1) is 25.5 Å². The Balaban J connectivity index is 2.37. The molecular weight excluding hydrogens is 320 g/mol. The molecule has 2 aromatic carbocycles. The van der Waals surface area contributed by atoms with Crippen LogP contribution in [-0.2, 0) is 0 Å². The number of Topliss-reactive ketones (excluding diaryl/α,β-unsaturated/α-hetero) is 1. The number of ketones is 1. The normalized spacial score (nSPS) is 10.5. The summed E-state index contributed by atoms with van der Waals surface area (Å²) in [6.45, 7) is 4.17. The molecule has 0 radical (unpaired) electrons. The van der Waals surface area contributed by atoms with Gasteiger partial charge in [0.25, 0.3) is 0 Å². The third-order valence-electron chi connectivity index (χ3n) is 3.46. The summed E-state index contributed by atoms with van der Waals surface area (Å²) in [5.74, 6) is -1.97. The van der Waals surface area contributed by atoms with Crippen molar-refractivity contribution in [3.05, 3.63) is 58.2 Å². The van der Waals surface area contributed by atoms with E-state index in [-0.39, 0.29) is 28.2 Å². The van der Waals surface area contributed by atoms with Crippen LogP contribution in [0.2, 0.25) is 0 Å². The second kappa shape index (κ2) is 6.91. The zero-order chi connectivity index (χ0) is 17.1. The first-order chi connectivity index (χ1) is 10.9. The van der Waals surface area contributed by atoms with Crippen molar-refractivity contribution in [3.8, 4) is 0 Å². The molecule has 0 saturated heterocycles. The van der Waals surface area contributed by atoms with Gasteiger partial charge in [-0.2, -0.15) is 0 Å². The number of nitrogens with one attached hydrogen (secondary N) is 1. The molecule has 0 saturated carbocycles. The molecule has 0 amide bonds. The summed E-state index contributed by atoms with van der Waals surface area (Å²) in [5.41, 5.74) is 0.462. The maximum absolute atomic E-state index is 14.4. The summed E-state index contributed by atoms with van der Waals surface area (Å²) in [6, 6.07) is 6.62. The summed E-state index contributed by atoms with van der Waals surface area (Å²) in [4.78, 5) is 22.9. The molecule has 2 aromatic rings. The van der Waals surface area contributed by atoms with Crippen LogP contribution >= 0.6 is 11.9 Å². The van der Waals surface area contributed by atoms with Gasteiger partial charge in [-0.05, 0) is 56.0 Å². The van der Waals surface area contributed by atoms with E-state index in [2.05, 4.69) is 4.72 Å². The van der Waals surface area contributed by atoms with Gasteiger partial charge in [-0.25, -0.2) is 8.78 Å². The molecule has 0 atom stereocenters. The third kappa shape index (κ3) is 3.42. The molecule has 0 bridgehead atoms. The lowest BCUT2D eigenvalue weighted by Crippen LogP contribution is -2.09. The lowest BCUT2D eigenvalue weighted by atomic mass is 9.97. The van der Waals surface area contributed by atoms with Crippen LogP contribution in [-0.4, -0.2) is 12.1 Å². The number of carbonyl (C=O) groups excluding carboxylic acids is 2. The predicted octanol–water partition coefficient (Wildman–Crippen LogP) is 4.72. The van der Waals surface area contributed by atoms with Crippen molar-refractivity contribution in [1.29, 1.82) is 0 Å². The zero-order valence-corrected chi connectivity index (χ0v) is 13.7. The van der Waals surface area contributed by atoms with Gasteiger partial charge < -0.3 is 4.72 Å². The highest BCUT2D eigenvalue weighted by Gasteiger charge is 2.22. The van der Waals surface area contributed by atoms with E-state index in [0.29, 0.717) is 16.7 Å². The Labute approximate surface area is 137 Å². The Bertz CT molecular complexity index is 761. The minimum Gasteiger partial charge on any atom is -0.321 e. The maximum Gasteiger partial charge on any atom is 0.160 e. The molecule has 0 heterocycles. The van der Waals surface area contributed by atoms with Crippen LogP contribution in [0.25, 0.3) is 0 Å². The van der Waals surface area contributed by atoms with Crippen molar-refractivity contribution in [3.63, 3.8) is 0 Å². The first-order valence-corrected chi connectivity index (χ1v) is 7.65. The van der Waals surface area contributed by atoms with Crippen molar-refractivity contribution in [1.82, 2.24) is 0 Å². The third-order valence-corrected chi connectivity index (χ3v) is 4.26. The highest BCUT2D eigenvalue weighted by molar-refractivity contribution is 8.00. The van der Waals surface area contributed by atoms with E-state index in [1.165, 1.54) is 20.8 Å². The van der Waals surface area contributed by atoms with Gasteiger partial charge in [0, 0.05) is 16.0 Å². The second-order valence-electron chi connectivity index (χ2n) is 5.08. The number of carbonyl (C=O) groups is 2. The molecule has 0 spiro atoms. The van der Waals surface area contributed by atoms with Crippen LogP contribution in [0.4, 0.5) is 14.5 Å². The van der Waals surface area contributed by atoms with Gasteiger partial charge in [0.05, 0.1) is 0 Å². The number of halogens is 2. The standard InChI is InChI=1S/C17H15F2NO2S/c1-9-14(11(3)22)10(2)16(19)17(15(9)18)20-23-13-6-4-5-12(7-13)8-21/h4-8,20H,1-3H3. The number of hydrogen-bond acceptors (Lipinski definition) is 4. The van der Waals surface area contributed by atoms with Crippen LogP contribution in [0.1, 0.15) is 38.8 Å². The van der Waals surface area contributed by atoms with E-state index < -0.39 is 11.6 Å². The largest absolute Gasteiger partial charge is 0.321 e. The number of hydrogen-bond donors (Lipinski definition) is 1. The Hall–Kier alpha value is -2.21. The molecular formula is C17H15F2NO2S. The van der Waals surface area contributed by atoms with Crippen LogP contribution < -0.4 is 4.72 Å². The summed E-state index contributed by atoms with van der Waals surface area (Å²) >= 11 is 0.989. The molecule has 0 aliphatic heterocycles. The summed E-state index contributed by atoms with van der Waals surface area (Å²) in [6.07, 6.45) is 0.696. The summed E-state index contributed by atoms with van der Waals surface area (Å²) in [5, 5.41) is 0. The molecule has 0 fully saturated rings. The molecule has 0 aliphatic carbocycles. The van der Waals surface area contributed by atoms with Gasteiger partial charge in [0.15, 0.2) is 17.4 Å². The smallest absolute Gasteiger partial charge is 0.160 e. The van der Waals surface area contributed by atoms with Crippen LogP contribution in [0.15, 0.2) is 29.2 Å². The summed E-state index contributed by atoms with van der Waals surface area (Å²) in [7, 11) is 0. The van der Waals surface area contributed by atoms with Crippen molar-refractivity contribution < 1.29 is 18.4 Å². The van der Waals surface area contributed by atoms with Gasteiger partial charge in [-0.15, -0.1) is 0 Å². The average Bonchev–Trinajstić information content (AvgIpc) is 2.53. The van der Waals surface area contributed by atoms with Gasteiger partial charge in [-0.3, -0.25) is 9.59 Å². The Kier molecular flexibility index (Phi) is 5.15. The fourth-order valence-corrected chi connectivity index (χ4v) is 3.09. The Morgan fingerprint density at radius 3 is 2.30 bits per heavy atom. The average molecular weight is 335 g/mol. The van der Waals surface area contributed by atoms with E-state index in [1.807, 2.05) is 0 Å². The maximum atomic E-state index is 14.4. The molecule has 23 heavy (non-hydrogen) atoms. The fourth-order valence-electron chi connectivity index (χ4n) is 2.35. The zero-order valence-electron chi connectivity index (χ0n) is 12.9. The van der Waals surface area contributed by atoms with Crippen molar-refractivity contribution in [2.45, 2.75) is 25.7 Å². The molecule has 0 unspecified atom stereocenters. The Morgan fingerprint density at radius 1 is 1.17 bits per heavy atom. The molecule has 120 valence electrons. The van der Waals surface area contributed by atoms with E-state index in [1.54, 1.807) is 24.3 Å². The molecule has 0 aromatic heterocycles. The van der Waals surface area contributed by atoms with Crippen molar-refractivity contribution in [2.24, 2.45) is 0 Å². The number of aldehydes is 1. The first-order valence-electron chi connectivity index (χ1n) is 6.84. The quantitative estimate of drug-likeness (QED) is 0.488. The lowest BCUT2D eigenvalue weighted by molar-refractivity contribution is 0.101. The van der Waals surface area contributed by atoms with Crippen LogP contribution in [0.5, 0.6) is 0 Å². The number of anilines is 1. The monoisotopic (exact) mass is 335 g/mol. The van der Waals surface area contributed by atoms with Gasteiger partial charge in [-0.1, -0.05) is 12.1 Å². The SMILES string of the molecule is CC(=O)c1c(C)c(F)c(NSc2cccc(C=O)c2)c(F)c1C. The number of rotatable bonds is 5. The minimum atomic E-state index is -0.794. The van der Waals surface area contributed by atoms with E-state index >= 15 is 0 Å². The molecule has 3 nitrogen and oxygen atoms in total. The van der Waals surface area contributed by atoms with Crippen LogP contribution in [0.3, 0.4) is 0 Å². The number of benzene rings is 2. The predicted molar refractivity (Wildman–Crippen MR) is 87.1 cm³/mol. The van der Waals surface area contributed by atoms with Gasteiger partial charge in [0.1, 0.15) is 12.0 Å². The molecule has 6 heteroatoms. The van der Waals surface area contributed by atoms with Crippen molar-refractivity contribution in [2.75, 3.05) is 4.72 Å². The first kappa shape index (κ1) is 17.1. The van der Waals surface area contributed by atoms with E-state index in [4.69, 9.17) is 0 Å². The van der Waals surface area contributed by atoms with E-state index in [9.17, 15) is 18.4 Å². The lowest BCUT2D eigenvalue weighted by Gasteiger charge is -2.15. The fraction of sp³-hybridized carbons (Fsp3) is 0.176. The Morgan fingerprint density at radius 2 is 1.78 bits per heavy atom. The molecule has 0 aliphatic rings. The minimum absolute atomic E-state index is 0.0681. The van der Waals surface area contributed by atoms with Crippen molar-refractivity contribution >= 4 is 29.7 Å². The highest BCUT2D eigenvalue weighted by atomic mass is 32.2.